The highest BCUT2D eigenvalue weighted by Crippen LogP contribution is 2.23. The van der Waals surface area contributed by atoms with E-state index in [2.05, 4.69) is 10.4 Å². The van der Waals surface area contributed by atoms with Gasteiger partial charge in [0, 0.05) is 13.6 Å². The smallest absolute Gasteiger partial charge is 0.315 e. The molecular weight excluding hydrogens is 204 g/mol. The molecule has 0 aromatic carbocycles. The number of rotatable bonds is 5. The summed E-state index contributed by atoms with van der Waals surface area (Å²) in [6, 6.07) is 0. The third-order valence-corrected chi connectivity index (χ3v) is 3.29. The summed E-state index contributed by atoms with van der Waals surface area (Å²) in [4.78, 5) is 11.5. The second-order valence-electron chi connectivity index (χ2n) is 4.60. The van der Waals surface area contributed by atoms with Crippen molar-refractivity contribution in [3.63, 3.8) is 0 Å². The summed E-state index contributed by atoms with van der Waals surface area (Å²) in [7, 11) is 1.72. The second kappa shape index (κ2) is 5.30. The predicted molar refractivity (Wildman–Crippen MR) is 62.3 cm³/mol. The summed E-state index contributed by atoms with van der Waals surface area (Å²) >= 11 is 0. The minimum atomic E-state index is -0.0392. The van der Waals surface area contributed by atoms with Gasteiger partial charge in [-0.1, -0.05) is 12.8 Å². The maximum Gasteiger partial charge on any atom is 0.345 e. The number of hydrogen-bond acceptors (Lipinski definition) is 3. The Morgan fingerprint density at radius 3 is 2.88 bits per heavy atom. The molecule has 0 saturated heterocycles. The van der Waals surface area contributed by atoms with E-state index in [0.29, 0.717) is 6.54 Å². The minimum absolute atomic E-state index is 0.0392. The largest absolute Gasteiger partial charge is 0.345 e. The van der Waals surface area contributed by atoms with Gasteiger partial charge < -0.3 is 5.32 Å². The molecule has 0 bridgehead atoms. The van der Waals surface area contributed by atoms with Gasteiger partial charge in [-0.2, -0.15) is 5.10 Å². The van der Waals surface area contributed by atoms with Gasteiger partial charge in [-0.3, -0.25) is 4.57 Å². The van der Waals surface area contributed by atoms with Gasteiger partial charge in [-0.05, 0) is 25.3 Å². The lowest BCUT2D eigenvalue weighted by atomic mass is 10.1. The van der Waals surface area contributed by atoms with E-state index >= 15 is 0 Å². The summed E-state index contributed by atoms with van der Waals surface area (Å²) < 4.78 is 3.00. The monoisotopic (exact) mass is 224 g/mol. The quantitative estimate of drug-likeness (QED) is 0.735. The van der Waals surface area contributed by atoms with Crippen molar-refractivity contribution < 1.29 is 0 Å². The fraction of sp³-hybridized carbons (Fsp3) is 0.818. The molecule has 1 aliphatic rings. The third-order valence-electron chi connectivity index (χ3n) is 3.29. The molecule has 1 aromatic heterocycles. The van der Waals surface area contributed by atoms with E-state index < -0.39 is 0 Å². The lowest BCUT2D eigenvalue weighted by molar-refractivity contribution is 0.462. The van der Waals surface area contributed by atoms with Crippen molar-refractivity contribution in [2.75, 3.05) is 13.1 Å². The highest BCUT2D eigenvalue weighted by atomic mass is 16.2. The van der Waals surface area contributed by atoms with Crippen molar-refractivity contribution >= 4 is 0 Å². The van der Waals surface area contributed by atoms with Crippen molar-refractivity contribution in [2.24, 2.45) is 13.0 Å². The number of nitrogens with one attached hydrogen (secondary N) is 1. The van der Waals surface area contributed by atoms with Crippen LogP contribution in [0.15, 0.2) is 11.1 Å². The Bertz CT molecular complexity index is 376. The average Bonchev–Trinajstić information content (AvgIpc) is 2.88. The summed E-state index contributed by atoms with van der Waals surface area (Å²) in [5.74, 6) is 0.848. The molecule has 0 radical (unpaired) electrons. The van der Waals surface area contributed by atoms with Crippen molar-refractivity contribution in [3.05, 3.63) is 16.8 Å². The molecule has 0 spiro atoms. The van der Waals surface area contributed by atoms with Gasteiger partial charge in [-0.25, -0.2) is 9.48 Å². The van der Waals surface area contributed by atoms with E-state index in [1.165, 1.54) is 34.9 Å². The summed E-state index contributed by atoms with van der Waals surface area (Å²) in [5.41, 5.74) is -0.0392. The van der Waals surface area contributed by atoms with Crippen LogP contribution in [0, 0.1) is 5.92 Å². The van der Waals surface area contributed by atoms with Gasteiger partial charge in [0.2, 0.25) is 0 Å². The molecule has 1 saturated carbocycles. The van der Waals surface area contributed by atoms with Crippen LogP contribution in [0.3, 0.4) is 0 Å². The first-order valence-electron chi connectivity index (χ1n) is 6.06. The second-order valence-corrected chi connectivity index (χ2v) is 4.60. The number of nitrogens with zero attached hydrogens (tertiary/aromatic N) is 3. The SMILES string of the molecule is Cn1cnn(CCNCC2CCCC2)c1=O. The predicted octanol–water partition coefficient (Wildman–Crippen LogP) is 0.362. The first kappa shape index (κ1) is 11.4. The normalized spacial score (nSPS) is 17.1. The molecule has 0 aliphatic heterocycles. The number of aryl methyl sites for hydroxylation is 1. The maximum atomic E-state index is 11.5. The van der Waals surface area contributed by atoms with E-state index in [1.54, 1.807) is 13.4 Å². The zero-order chi connectivity index (χ0) is 11.4. The fourth-order valence-corrected chi connectivity index (χ4v) is 2.28. The van der Waals surface area contributed by atoms with Crippen LogP contribution >= 0.6 is 0 Å². The lowest BCUT2D eigenvalue weighted by Crippen LogP contribution is -2.30. The average molecular weight is 224 g/mol. The van der Waals surface area contributed by atoms with Crippen LogP contribution in [0.1, 0.15) is 25.7 Å². The van der Waals surface area contributed by atoms with Crippen molar-refractivity contribution in [3.8, 4) is 0 Å². The molecule has 0 unspecified atom stereocenters. The van der Waals surface area contributed by atoms with Crippen LogP contribution in [0.2, 0.25) is 0 Å². The lowest BCUT2D eigenvalue weighted by Gasteiger charge is -2.09. The minimum Gasteiger partial charge on any atom is -0.315 e. The maximum absolute atomic E-state index is 11.5. The Kier molecular flexibility index (Phi) is 3.77. The molecular formula is C11H20N4O. The molecule has 0 amide bonds. The molecule has 2 rings (SSSR count). The van der Waals surface area contributed by atoms with E-state index in [0.717, 1.165) is 19.0 Å². The van der Waals surface area contributed by atoms with Gasteiger partial charge in [0.1, 0.15) is 6.33 Å². The first-order valence-corrected chi connectivity index (χ1v) is 6.06. The van der Waals surface area contributed by atoms with Crippen LogP contribution in [0.5, 0.6) is 0 Å². The number of hydrogen-bond donors (Lipinski definition) is 1. The molecule has 5 heteroatoms. The Hall–Kier alpha value is -1.10. The highest BCUT2D eigenvalue weighted by Gasteiger charge is 2.13. The number of aromatic nitrogens is 3. The third kappa shape index (κ3) is 2.72. The van der Waals surface area contributed by atoms with Gasteiger partial charge >= 0.3 is 5.69 Å². The standard InChI is InChI=1S/C11H20N4O/c1-14-9-13-15(11(14)16)7-6-12-8-10-4-2-3-5-10/h9-10,12H,2-8H2,1H3. The topological polar surface area (TPSA) is 51.9 Å². The molecule has 1 aliphatic carbocycles. The van der Waals surface area contributed by atoms with Crippen LogP contribution in [-0.4, -0.2) is 27.4 Å². The summed E-state index contributed by atoms with van der Waals surface area (Å²) in [6.45, 7) is 2.57. The Balaban J connectivity index is 1.68. The van der Waals surface area contributed by atoms with Crippen LogP contribution in [0.4, 0.5) is 0 Å². The van der Waals surface area contributed by atoms with E-state index in [4.69, 9.17) is 0 Å². The molecule has 1 fully saturated rings. The molecule has 1 heterocycles. The van der Waals surface area contributed by atoms with Crippen molar-refractivity contribution in [1.29, 1.82) is 0 Å². The van der Waals surface area contributed by atoms with Gasteiger partial charge in [-0.15, -0.1) is 0 Å². The van der Waals surface area contributed by atoms with Gasteiger partial charge in [0.05, 0.1) is 6.54 Å². The Morgan fingerprint density at radius 2 is 2.25 bits per heavy atom. The fourth-order valence-electron chi connectivity index (χ4n) is 2.28. The zero-order valence-electron chi connectivity index (χ0n) is 9.85. The van der Waals surface area contributed by atoms with E-state index in [1.807, 2.05) is 0 Å². The van der Waals surface area contributed by atoms with Gasteiger partial charge in [0.25, 0.3) is 0 Å². The molecule has 0 atom stereocenters. The highest BCUT2D eigenvalue weighted by molar-refractivity contribution is 4.70. The summed E-state index contributed by atoms with van der Waals surface area (Å²) in [5, 5.41) is 7.42. The Labute approximate surface area is 95.5 Å². The van der Waals surface area contributed by atoms with Gasteiger partial charge in [0.15, 0.2) is 0 Å². The molecule has 16 heavy (non-hydrogen) atoms. The molecule has 1 aromatic rings. The Morgan fingerprint density at radius 1 is 1.50 bits per heavy atom. The molecule has 1 N–H and O–H groups in total. The van der Waals surface area contributed by atoms with Crippen molar-refractivity contribution in [1.82, 2.24) is 19.7 Å². The van der Waals surface area contributed by atoms with E-state index in [-0.39, 0.29) is 5.69 Å². The van der Waals surface area contributed by atoms with Crippen LogP contribution in [0.25, 0.3) is 0 Å². The first-order chi connectivity index (χ1) is 7.77. The van der Waals surface area contributed by atoms with Crippen LogP contribution < -0.4 is 11.0 Å². The zero-order valence-corrected chi connectivity index (χ0v) is 9.85. The van der Waals surface area contributed by atoms with Crippen molar-refractivity contribution in [2.45, 2.75) is 32.2 Å². The van der Waals surface area contributed by atoms with Crippen LogP contribution in [-0.2, 0) is 13.6 Å². The molecule has 90 valence electrons. The van der Waals surface area contributed by atoms with E-state index in [9.17, 15) is 4.79 Å². The molecule has 5 nitrogen and oxygen atoms in total. The summed E-state index contributed by atoms with van der Waals surface area (Å²) in [6.07, 6.45) is 7.03.